The maximum atomic E-state index is 10.7. The molecule has 0 unspecified atom stereocenters. The molecule has 0 saturated heterocycles. The van der Waals surface area contributed by atoms with Crippen molar-refractivity contribution < 1.29 is 9.90 Å². The number of anilines is 1. The van der Waals surface area contributed by atoms with Gasteiger partial charge in [0.25, 0.3) is 0 Å². The van der Waals surface area contributed by atoms with Crippen molar-refractivity contribution in [1.82, 2.24) is 5.32 Å². The number of benzene rings is 1. The highest BCUT2D eigenvalue weighted by Crippen LogP contribution is 2.11. The van der Waals surface area contributed by atoms with Crippen LogP contribution in [-0.4, -0.2) is 29.1 Å². The average Bonchev–Trinajstić information content (AvgIpc) is 2.45. The Morgan fingerprint density at radius 3 is 2.48 bits per heavy atom. The van der Waals surface area contributed by atoms with E-state index in [-0.39, 0.29) is 12.1 Å². The van der Waals surface area contributed by atoms with Gasteiger partial charge in [0.2, 0.25) is 0 Å². The van der Waals surface area contributed by atoms with Gasteiger partial charge in [-0.05, 0) is 44.5 Å². The third kappa shape index (κ3) is 5.95. The molecule has 0 aromatic heterocycles. The molecule has 1 aromatic rings. The number of hydrogen-bond donors (Lipinski definition) is 3. The normalized spacial score (nSPS) is 11.6. The van der Waals surface area contributed by atoms with Crippen LogP contribution in [0.2, 0.25) is 0 Å². The molecule has 0 heterocycles. The summed E-state index contributed by atoms with van der Waals surface area (Å²) >= 11 is 0. The molecule has 1 aromatic carbocycles. The molecule has 0 saturated carbocycles. The van der Waals surface area contributed by atoms with Gasteiger partial charge in [-0.15, -0.1) is 0 Å². The summed E-state index contributed by atoms with van der Waals surface area (Å²) < 4.78 is 0. The van der Waals surface area contributed by atoms with Crippen molar-refractivity contribution in [2.45, 2.75) is 32.7 Å². The van der Waals surface area contributed by atoms with Gasteiger partial charge in [0.05, 0.1) is 11.6 Å². The predicted octanol–water partition coefficient (Wildman–Crippen LogP) is 2.19. The number of nitrogens with one attached hydrogen (secondary N) is 2. The van der Waals surface area contributed by atoms with E-state index in [0.29, 0.717) is 11.5 Å². The van der Waals surface area contributed by atoms with E-state index in [9.17, 15) is 4.79 Å². The van der Waals surface area contributed by atoms with Crippen LogP contribution in [0.15, 0.2) is 29.3 Å². The number of nitrogens with zero attached hydrogens (tertiary/aromatic N) is 2. The lowest BCUT2D eigenvalue weighted by molar-refractivity contribution is -0.135. The molecule has 0 aliphatic heterocycles. The van der Waals surface area contributed by atoms with Crippen molar-refractivity contribution in [1.29, 1.82) is 5.26 Å². The fraction of sp³-hybridized carbons (Fsp3) is 0.400. The summed E-state index contributed by atoms with van der Waals surface area (Å²) in [5.74, 6) is -0.598. The van der Waals surface area contributed by atoms with Gasteiger partial charge >= 0.3 is 5.97 Å². The second-order valence-corrected chi connectivity index (χ2v) is 5.24. The van der Waals surface area contributed by atoms with Gasteiger partial charge in [0.15, 0.2) is 5.96 Å². The van der Waals surface area contributed by atoms with Gasteiger partial charge in [0.1, 0.15) is 6.54 Å². The first-order valence-corrected chi connectivity index (χ1v) is 6.68. The van der Waals surface area contributed by atoms with E-state index >= 15 is 0 Å². The minimum Gasteiger partial charge on any atom is -0.480 e. The van der Waals surface area contributed by atoms with Crippen LogP contribution in [-0.2, 0) is 4.79 Å². The molecule has 0 aliphatic rings. The van der Waals surface area contributed by atoms with Gasteiger partial charge in [-0.2, -0.15) is 5.26 Å². The Morgan fingerprint density at radius 2 is 2.00 bits per heavy atom. The second-order valence-electron chi connectivity index (χ2n) is 5.24. The summed E-state index contributed by atoms with van der Waals surface area (Å²) in [7, 11) is 0. The topological polar surface area (TPSA) is 97.5 Å². The molecule has 0 radical (unpaired) electrons. The number of nitriles is 1. The number of aliphatic carboxylic acids is 1. The number of aliphatic imine (C=N–C) groups is 1. The predicted molar refractivity (Wildman–Crippen MR) is 82.2 cm³/mol. The molecule has 112 valence electrons. The molecular formula is C15H20N4O2. The molecular weight excluding hydrogens is 268 g/mol. The van der Waals surface area contributed by atoms with Crippen LogP contribution in [0.1, 0.15) is 32.8 Å². The Labute approximate surface area is 124 Å². The van der Waals surface area contributed by atoms with Crippen molar-refractivity contribution in [2.75, 3.05) is 11.9 Å². The number of guanidine groups is 1. The van der Waals surface area contributed by atoms with Gasteiger partial charge in [-0.3, -0.25) is 4.79 Å². The highest BCUT2D eigenvalue weighted by atomic mass is 16.4. The van der Waals surface area contributed by atoms with Crippen LogP contribution in [0.5, 0.6) is 0 Å². The molecule has 0 spiro atoms. The van der Waals surface area contributed by atoms with Crippen LogP contribution >= 0.6 is 0 Å². The monoisotopic (exact) mass is 288 g/mol. The van der Waals surface area contributed by atoms with Crippen LogP contribution < -0.4 is 10.6 Å². The van der Waals surface area contributed by atoms with Gasteiger partial charge in [0, 0.05) is 11.2 Å². The fourth-order valence-corrected chi connectivity index (χ4v) is 1.43. The largest absolute Gasteiger partial charge is 0.480 e. The zero-order valence-corrected chi connectivity index (χ0v) is 12.5. The lowest BCUT2D eigenvalue weighted by Gasteiger charge is -2.27. The Hall–Kier alpha value is -2.55. The van der Waals surface area contributed by atoms with Crippen molar-refractivity contribution in [3.05, 3.63) is 29.8 Å². The highest BCUT2D eigenvalue weighted by Gasteiger charge is 2.17. The van der Waals surface area contributed by atoms with E-state index in [4.69, 9.17) is 10.4 Å². The summed E-state index contributed by atoms with van der Waals surface area (Å²) in [6.07, 6.45) is 0.855. The Balaban J connectivity index is 2.88. The quantitative estimate of drug-likeness (QED) is 0.570. The SMILES string of the molecule is CCC(C)(C)NC(=NCC(=O)O)Nc1ccc(C#N)cc1. The number of rotatable bonds is 5. The Kier molecular flexibility index (Phi) is 5.73. The third-order valence-electron chi connectivity index (χ3n) is 2.99. The van der Waals surface area contributed by atoms with Crippen LogP contribution in [0.4, 0.5) is 5.69 Å². The Morgan fingerprint density at radius 1 is 1.38 bits per heavy atom. The van der Waals surface area contributed by atoms with Gasteiger partial charge in [-0.1, -0.05) is 6.92 Å². The highest BCUT2D eigenvalue weighted by molar-refractivity contribution is 5.95. The van der Waals surface area contributed by atoms with Crippen molar-refractivity contribution >= 4 is 17.6 Å². The van der Waals surface area contributed by atoms with E-state index in [1.165, 1.54) is 0 Å². The first-order valence-electron chi connectivity index (χ1n) is 6.68. The first kappa shape index (κ1) is 16.5. The summed E-state index contributed by atoms with van der Waals surface area (Å²) in [6.45, 7) is 5.72. The van der Waals surface area contributed by atoms with Gasteiger partial charge < -0.3 is 15.7 Å². The maximum absolute atomic E-state index is 10.7. The smallest absolute Gasteiger partial charge is 0.325 e. The molecule has 0 aliphatic carbocycles. The molecule has 6 nitrogen and oxygen atoms in total. The van der Waals surface area contributed by atoms with Crippen LogP contribution in [0.3, 0.4) is 0 Å². The average molecular weight is 288 g/mol. The van der Waals surface area contributed by atoms with Crippen molar-refractivity contribution in [2.24, 2.45) is 4.99 Å². The number of carboxylic acids is 1. The van der Waals surface area contributed by atoms with E-state index in [0.717, 1.165) is 12.1 Å². The molecule has 0 amide bonds. The van der Waals surface area contributed by atoms with E-state index in [1.54, 1.807) is 24.3 Å². The summed E-state index contributed by atoms with van der Waals surface area (Å²) in [6, 6.07) is 8.90. The van der Waals surface area contributed by atoms with Crippen LogP contribution in [0, 0.1) is 11.3 Å². The minimum absolute atomic E-state index is 0.211. The summed E-state index contributed by atoms with van der Waals surface area (Å²) in [5, 5.41) is 23.8. The lowest BCUT2D eigenvalue weighted by atomic mass is 10.0. The zero-order valence-electron chi connectivity index (χ0n) is 12.5. The van der Waals surface area contributed by atoms with E-state index in [1.807, 2.05) is 26.8 Å². The number of carboxylic acid groups (broad SMARTS) is 1. The van der Waals surface area contributed by atoms with Crippen LogP contribution in [0.25, 0.3) is 0 Å². The molecule has 0 fully saturated rings. The first-order chi connectivity index (χ1) is 9.86. The molecule has 0 atom stereocenters. The Bertz CT molecular complexity index is 556. The fourth-order valence-electron chi connectivity index (χ4n) is 1.43. The maximum Gasteiger partial charge on any atom is 0.325 e. The van der Waals surface area contributed by atoms with E-state index in [2.05, 4.69) is 15.6 Å². The molecule has 6 heteroatoms. The second kappa shape index (κ2) is 7.29. The molecule has 21 heavy (non-hydrogen) atoms. The molecule has 3 N–H and O–H groups in total. The van der Waals surface area contributed by atoms with E-state index < -0.39 is 5.97 Å². The summed E-state index contributed by atoms with van der Waals surface area (Å²) in [5.41, 5.74) is 1.08. The third-order valence-corrected chi connectivity index (χ3v) is 2.99. The summed E-state index contributed by atoms with van der Waals surface area (Å²) in [4.78, 5) is 14.7. The van der Waals surface area contributed by atoms with Crippen molar-refractivity contribution in [3.8, 4) is 6.07 Å². The minimum atomic E-state index is -0.995. The molecule has 0 bridgehead atoms. The van der Waals surface area contributed by atoms with Gasteiger partial charge in [-0.25, -0.2) is 4.99 Å². The zero-order chi connectivity index (χ0) is 15.9. The number of carbonyl (C=O) groups is 1. The lowest BCUT2D eigenvalue weighted by Crippen LogP contribution is -2.46. The number of hydrogen-bond acceptors (Lipinski definition) is 3. The standard InChI is InChI=1S/C15H20N4O2/c1-4-15(2,3)19-14(17-10-13(20)21)18-12-7-5-11(9-16)6-8-12/h5-8H,4,10H2,1-3H3,(H,20,21)(H2,17,18,19). The van der Waals surface area contributed by atoms with Crippen molar-refractivity contribution in [3.63, 3.8) is 0 Å². The molecule has 1 rings (SSSR count).